The van der Waals surface area contributed by atoms with E-state index in [1.54, 1.807) is 78.9 Å². The standard InChI is InChI=1S/C22H15NO4/c24-14-22(27,15-6-2-1-3-7-15)16-10-12-17(13-11-16)23-20(25)18-8-4-5-9-19(18)21(23)26/h1-14,27H. The van der Waals surface area contributed by atoms with Gasteiger partial charge in [-0.3, -0.25) is 14.4 Å². The molecule has 0 saturated heterocycles. The molecule has 1 aliphatic heterocycles. The van der Waals surface area contributed by atoms with E-state index in [0.717, 1.165) is 4.90 Å². The van der Waals surface area contributed by atoms with Crippen molar-refractivity contribution in [1.29, 1.82) is 0 Å². The summed E-state index contributed by atoms with van der Waals surface area (Å²) in [5, 5.41) is 10.8. The molecule has 3 aromatic rings. The van der Waals surface area contributed by atoms with Gasteiger partial charge >= 0.3 is 0 Å². The molecule has 5 nitrogen and oxygen atoms in total. The molecular formula is C22H15NO4. The van der Waals surface area contributed by atoms with Gasteiger partial charge in [0.1, 0.15) is 0 Å². The second-order valence-electron chi connectivity index (χ2n) is 6.29. The maximum absolute atomic E-state index is 12.6. The number of anilines is 1. The van der Waals surface area contributed by atoms with Crippen LogP contribution in [0.1, 0.15) is 31.8 Å². The summed E-state index contributed by atoms with van der Waals surface area (Å²) in [4.78, 5) is 37.9. The van der Waals surface area contributed by atoms with Crippen molar-refractivity contribution in [3.05, 3.63) is 101 Å². The zero-order chi connectivity index (χ0) is 19.0. The molecule has 0 fully saturated rings. The SMILES string of the molecule is O=CC(O)(c1ccccc1)c1ccc(N2C(=O)c3ccccc3C2=O)cc1. The lowest BCUT2D eigenvalue weighted by atomic mass is 9.87. The van der Waals surface area contributed by atoms with E-state index in [1.165, 1.54) is 0 Å². The zero-order valence-electron chi connectivity index (χ0n) is 14.2. The van der Waals surface area contributed by atoms with Gasteiger partial charge < -0.3 is 5.11 Å². The Balaban J connectivity index is 1.70. The molecule has 2 amide bonds. The van der Waals surface area contributed by atoms with Crippen molar-refractivity contribution in [1.82, 2.24) is 0 Å². The summed E-state index contributed by atoms with van der Waals surface area (Å²) in [5.74, 6) is -0.783. The van der Waals surface area contributed by atoms with Gasteiger partial charge in [0.2, 0.25) is 0 Å². The Labute approximate surface area is 155 Å². The average Bonchev–Trinajstić information content (AvgIpc) is 2.99. The first-order valence-electron chi connectivity index (χ1n) is 8.39. The second-order valence-corrected chi connectivity index (χ2v) is 6.29. The van der Waals surface area contributed by atoms with Crippen LogP contribution >= 0.6 is 0 Å². The van der Waals surface area contributed by atoms with E-state index in [-0.39, 0.29) is 0 Å². The third-order valence-electron chi connectivity index (χ3n) is 4.74. The van der Waals surface area contributed by atoms with E-state index < -0.39 is 17.4 Å². The Kier molecular flexibility index (Phi) is 3.94. The quantitative estimate of drug-likeness (QED) is 0.575. The first kappa shape index (κ1) is 16.9. The lowest BCUT2D eigenvalue weighted by molar-refractivity contribution is -0.121. The molecule has 0 saturated carbocycles. The van der Waals surface area contributed by atoms with E-state index in [1.807, 2.05) is 0 Å². The van der Waals surface area contributed by atoms with Gasteiger partial charge in [-0.15, -0.1) is 0 Å². The summed E-state index contributed by atoms with van der Waals surface area (Å²) in [6.45, 7) is 0. The molecule has 0 spiro atoms. The van der Waals surface area contributed by atoms with Crippen LogP contribution in [0.25, 0.3) is 0 Å². The van der Waals surface area contributed by atoms with Crippen LogP contribution in [0.3, 0.4) is 0 Å². The van der Waals surface area contributed by atoms with Gasteiger partial charge in [-0.05, 0) is 35.4 Å². The van der Waals surface area contributed by atoms with Gasteiger partial charge in [0.15, 0.2) is 11.9 Å². The van der Waals surface area contributed by atoms with Crippen LogP contribution in [0.4, 0.5) is 5.69 Å². The molecule has 1 unspecified atom stereocenters. The zero-order valence-corrected chi connectivity index (χ0v) is 14.2. The van der Waals surface area contributed by atoms with Crippen LogP contribution in [0, 0.1) is 0 Å². The van der Waals surface area contributed by atoms with Gasteiger partial charge in [-0.2, -0.15) is 0 Å². The molecular weight excluding hydrogens is 342 g/mol. The minimum absolute atomic E-state index is 0.351. The van der Waals surface area contributed by atoms with Crippen molar-refractivity contribution < 1.29 is 19.5 Å². The number of carbonyl (C=O) groups excluding carboxylic acids is 3. The lowest BCUT2D eigenvalue weighted by Crippen LogP contribution is -2.31. The minimum atomic E-state index is -1.80. The average molecular weight is 357 g/mol. The highest BCUT2D eigenvalue weighted by Crippen LogP contribution is 2.32. The summed E-state index contributed by atoms with van der Waals surface area (Å²) >= 11 is 0. The first-order valence-corrected chi connectivity index (χ1v) is 8.39. The molecule has 132 valence electrons. The van der Waals surface area contributed by atoms with Crippen molar-refractivity contribution in [2.24, 2.45) is 0 Å². The number of aliphatic hydroxyl groups is 1. The van der Waals surface area contributed by atoms with Crippen LogP contribution in [0.2, 0.25) is 0 Å². The van der Waals surface area contributed by atoms with Gasteiger partial charge in [-0.25, -0.2) is 4.90 Å². The Bertz CT molecular complexity index is 1010. The number of aldehydes is 1. The van der Waals surface area contributed by atoms with Gasteiger partial charge in [0.25, 0.3) is 11.8 Å². The Morgan fingerprint density at radius 3 is 1.70 bits per heavy atom. The number of nitrogens with zero attached hydrogens (tertiary/aromatic N) is 1. The third kappa shape index (κ3) is 2.56. The number of hydrogen-bond donors (Lipinski definition) is 1. The smallest absolute Gasteiger partial charge is 0.266 e. The van der Waals surface area contributed by atoms with E-state index in [4.69, 9.17) is 0 Å². The Morgan fingerprint density at radius 2 is 1.19 bits per heavy atom. The van der Waals surface area contributed by atoms with E-state index in [2.05, 4.69) is 0 Å². The molecule has 0 aliphatic carbocycles. The summed E-state index contributed by atoms with van der Waals surface area (Å²) in [6.07, 6.45) is 0.472. The maximum Gasteiger partial charge on any atom is 0.266 e. The highest BCUT2D eigenvalue weighted by Gasteiger charge is 2.37. The Hall–Kier alpha value is -3.57. The molecule has 0 bridgehead atoms. The molecule has 1 atom stereocenters. The highest BCUT2D eigenvalue weighted by molar-refractivity contribution is 6.34. The monoisotopic (exact) mass is 357 g/mol. The predicted molar refractivity (Wildman–Crippen MR) is 99.5 cm³/mol. The van der Waals surface area contributed by atoms with Crippen LogP contribution in [-0.4, -0.2) is 23.2 Å². The number of fused-ring (bicyclic) bond motifs is 1. The highest BCUT2D eigenvalue weighted by atomic mass is 16.3. The van der Waals surface area contributed by atoms with E-state index >= 15 is 0 Å². The normalized spacial score (nSPS) is 15.4. The van der Waals surface area contributed by atoms with E-state index in [0.29, 0.717) is 34.2 Å². The molecule has 3 aromatic carbocycles. The molecule has 4 rings (SSSR count). The van der Waals surface area contributed by atoms with Crippen molar-refractivity contribution in [3.63, 3.8) is 0 Å². The number of hydrogen-bond acceptors (Lipinski definition) is 4. The van der Waals surface area contributed by atoms with Crippen molar-refractivity contribution in [3.8, 4) is 0 Å². The number of carbonyl (C=O) groups is 3. The van der Waals surface area contributed by atoms with Crippen molar-refractivity contribution >= 4 is 23.8 Å². The topological polar surface area (TPSA) is 74.7 Å². The fraction of sp³-hybridized carbons (Fsp3) is 0.0455. The molecule has 1 N–H and O–H groups in total. The third-order valence-corrected chi connectivity index (χ3v) is 4.74. The Morgan fingerprint density at radius 1 is 0.704 bits per heavy atom. The summed E-state index contributed by atoms with van der Waals surface area (Å²) in [7, 11) is 0. The molecule has 1 heterocycles. The fourth-order valence-corrected chi connectivity index (χ4v) is 3.28. The van der Waals surface area contributed by atoms with Gasteiger partial charge in [0.05, 0.1) is 16.8 Å². The van der Waals surface area contributed by atoms with Gasteiger partial charge in [0, 0.05) is 0 Å². The lowest BCUT2D eigenvalue weighted by Gasteiger charge is -2.23. The molecule has 27 heavy (non-hydrogen) atoms. The van der Waals surface area contributed by atoms with Crippen LogP contribution in [0.15, 0.2) is 78.9 Å². The summed E-state index contributed by atoms with van der Waals surface area (Å²) < 4.78 is 0. The predicted octanol–water partition coefficient (Wildman–Crippen LogP) is 2.92. The number of amides is 2. The molecule has 0 radical (unpaired) electrons. The largest absolute Gasteiger partial charge is 0.373 e. The van der Waals surface area contributed by atoms with Crippen molar-refractivity contribution in [2.45, 2.75) is 5.60 Å². The summed E-state index contributed by atoms with van der Waals surface area (Å²) in [5.41, 5.74) is 0.0891. The van der Waals surface area contributed by atoms with Crippen molar-refractivity contribution in [2.75, 3.05) is 4.90 Å². The van der Waals surface area contributed by atoms with E-state index in [9.17, 15) is 19.5 Å². The number of imide groups is 1. The fourth-order valence-electron chi connectivity index (χ4n) is 3.28. The molecule has 0 aromatic heterocycles. The summed E-state index contributed by atoms with van der Waals surface area (Å²) in [6, 6.07) is 21.4. The minimum Gasteiger partial charge on any atom is -0.373 e. The second kappa shape index (κ2) is 6.30. The number of benzene rings is 3. The molecule has 5 heteroatoms. The van der Waals surface area contributed by atoms with Gasteiger partial charge in [-0.1, -0.05) is 54.6 Å². The van der Waals surface area contributed by atoms with Crippen LogP contribution < -0.4 is 4.90 Å². The van der Waals surface area contributed by atoms with Crippen LogP contribution in [-0.2, 0) is 10.4 Å². The number of rotatable bonds is 4. The first-order chi connectivity index (χ1) is 13.1. The molecule has 1 aliphatic rings. The van der Waals surface area contributed by atoms with Crippen LogP contribution in [0.5, 0.6) is 0 Å². The maximum atomic E-state index is 12.6.